The van der Waals surface area contributed by atoms with Gasteiger partial charge in [0, 0.05) is 23.1 Å². The van der Waals surface area contributed by atoms with E-state index in [0.717, 1.165) is 0 Å². The molecule has 1 aromatic carbocycles. The van der Waals surface area contributed by atoms with Crippen LogP contribution in [-0.2, 0) is 16.0 Å². The summed E-state index contributed by atoms with van der Waals surface area (Å²) in [6.07, 6.45) is -1.30. The van der Waals surface area contributed by atoms with E-state index in [0.29, 0.717) is 5.02 Å². The summed E-state index contributed by atoms with van der Waals surface area (Å²) < 4.78 is 4.40. The first-order valence-electron chi connectivity index (χ1n) is 5.11. The van der Waals surface area contributed by atoms with E-state index in [4.69, 9.17) is 11.6 Å². The molecule has 1 rings (SSSR count). The molecule has 1 N–H and O–H groups in total. The number of rotatable bonds is 5. The lowest BCUT2D eigenvalue weighted by Gasteiger charge is -2.09. The molecule has 0 aliphatic carbocycles. The molecule has 0 heterocycles. The third-order valence-electron chi connectivity index (χ3n) is 2.32. The van der Waals surface area contributed by atoms with Crippen molar-refractivity contribution in [2.45, 2.75) is 18.9 Å². The van der Waals surface area contributed by atoms with Crippen molar-refractivity contribution >= 4 is 23.3 Å². The number of methoxy groups -OCH3 is 1. The number of benzene rings is 1. The van der Waals surface area contributed by atoms with Crippen LogP contribution in [0.15, 0.2) is 18.2 Å². The van der Waals surface area contributed by atoms with Crippen molar-refractivity contribution < 1.29 is 19.6 Å². The second-order valence-electron chi connectivity index (χ2n) is 3.67. The average molecular weight is 274 g/mol. The minimum Gasteiger partial charge on any atom is -0.469 e. The monoisotopic (exact) mass is 273 g/mol. The number of nitro groups is 1. The molecule has 6 nitrogen and oxygen atoms in total. The molecule has 0 bridgehead atoms. The van der Waals surface area contributed by atoms with Crippen molar-refractivity contribution in [3.63, 3.8) is 0 Å². The Bertz CT molecular complexity index is 463. The van der Waals surface area contributed by atoms with E-state index in [9.17, 15) is 20.0 Å². The number of nitro benzene ring substituents is 1. The van der Waals surface area contributed by atoms with Gasteiger partial charge in [-0.1, -0.05) is 11.6 Å². The zero-order valence-corrected chi connectivity index (χ0v) is 10.4. The highest BCUT2D eigenvalue weighted by atomic mass is 35.5. The Morgan fingerprint density at radius 1 is 1.61 bits per heavy atom. The highest BCUT2D eigenvalue weighted by Gasteiger charge is 2.19. The number of hydrogen-bond donors (Lipinski definition) is 1. The van der Waals surface area contributed by atoms with Crippen LogP contribution in [0.25, 0.3) is 0 Å². The summed E-state index contributed by atoms with van der Waals surface area (Å²) in [4.78, 5) is 21.2. The Kier molecular flexibility index (Phi) is 5.06. The molecule has 0 aliphatic rings. The second kappa shape index (κ2) is 6.32. The fourth-order valence-corrected chi connectivity index (χ4v) is 1.69. The number of carbonyl (C=O) groups excluding carboxylic acids is 1. The van der Waals surface area contributed by atoms with E-state index < -0.39 is 17.0 Å². The molecule has 0 spiro atoms. The van der Waals surface area contributed by atoms with Crippen LogP contribution in [0.2, 0.25) is 5.02 Å². The number of halogens is 1. The SMILES string of the molecule is COC(=O)CC(O)Cc1cc(Cl)ccc1[N+](=O)[O-]. The lowest BCUT2D eigenvalue weighted by Crippen LogP contribution is -2.17. The summed E-state index contributed by atoms with van der Waals surface area (Å²) in [7, 11) is 1.21. The Hall–Kier alpha value is -1.66. The first-order valence-corrected chi connectivity index (χ1v) is 5.49. The predicted octanol–water partition coefficient (Wildman–Crippen LogP) is 1.71. The van der Waals surface area contributed by atoms with E-state index in [-0.39, 0.29) is 24.1 Å². The van der Waals surface area contributed by atoms with Crippen molar-refractivity contribution in [2.24, 2.45) is 0 Å². The molecule has 0 aliphatic heterocycles. The van der Waals surface area contributed by atoms with E-state index in [1.165, 1.54) is 25.3 Å². The Labute approximate surface area is 108 Å². The Morgan fingerprint density at radius 3 is 2.83 bits per heavy atom. The van der Waals surface area contributed by atoms with Crippen LogP contribution in [-0.4, -0.2) is 29.2 Å². The number of hydrogen-bond acceptors (Lipinski definition) is 5. The van der Waals surface area contributed by atoms with Gasteiger partial charge in [-0.25, -0.2) is 0 Å². The molecule has 0 amide bonds. The van der Waals surface area contributed by atoms with Crippen molar-refractivity contribution in [1.82, 2.24) is 0 Å². The van der Waals surface area contributed by atoms with Gasteiger partial charge < -0.3 is 9.84 Å². The zero-order valence-electron chi connectivity index (χ0n) is 9.63. The van der Waals surface area contributed by atoms with Gasteiger partial charge in [-0.3, -0.25) is 14.9 Å². The third-order valence-corrected chi connectivity index (χ3v) is 2.56. The first kappa shape index (κ1) is 14.4. The molecule has 0 fully saturated rings. The van der Waals surface area contributed by atoms with Gasteiger partial charge in [0.05, 0.1) is 24.6 Å². The van der Waals surface area contributed by atoms with Gasteiger partial charge in [0.1, 0.15) is 0 Å². The van der Waals surface area contributed by atoms with Crippen LogP contribution in [0.5, 0.6) is 0 Å². The number of aliphatic hydroxyl groups is 1. The van der Waals surface area contributed by atoms with Crippen molar-refractivity contribution in [2.75, 3.05) is 7.11 Å². The lowest BCUT2D eigenvalue weighted by atomic mass is 10.0. The maximum atomic E-state index is 11.0. The van der Waals surface area contributed by atoms with E-state index in [1.807, 2.05) is 0 Å². The smallest absolute Gasteiger partial charge is 0.308 e. The quantitative estimate of drug-likeness (QED) is 0.501. The molecule has 0 radical (unpaired) electrons. The van der Waals surface area contributed by atoms with E-state index in [1.54, 1.807) is 0 Å². The van der Waals surface area contributed by atoms with E-state index in [2.05, 4.69) is 4.74 Å². The molecular formula is C11H12ClNO5. The summed E-state index contributed by atoms with van der Waals surface area (Å²) in [6.45, 7) is 0. The first-order chi connectivity index (χ1) is 8.43. The molecule has 98 valence electrons. The second-order valence-corrected chi connectivity index (χ2v) is 4.10. The minimum atomic E-state index is -1.05. The molecule has 1 atom stereocenters. The highest BCUT2D eigenvalue weighted by molar-refractivity contribution is 6.30. The molecular weight excluding hydrogens is 262 g/mol. The molecule has 18 heavy (non-hydrogen) atoms. The van der Waals surface area contributed by atoms with Gasteiger partial charge in [-0.05, 0) is 12.1 Å². The summed E-state index contributed by atoms with van der Waals surface area (Å²) >= 11 is 5.74. The van der Waals surface area contributed by atoms with Crippen LogP contribution in [0, 0.1) is 10.1 Å². The van der Waals surface area contributed by atoms with Crippen LogP contribution in [0.1, 0.15) is 12.0 Å². The molecule has 7 heteroatoms. The molecule has 0 saturated heterocycles. The summed E-state index contributed by atoms with van der Waals surface area (Å²) in [5.74, 6) is -0.577. The number of carbonyl (C=O) groups is 1. The van der Waals surface area contributed by atoms with E-state index >= 15 is 0 Å². The van der Waals surface area contributed by atoms with Crippen molar-refractivity contribution in [1.29, 1.82) is 0 Å². The lowest BCUT2D eigenvalue weighted by molar-refractivity contribution is -0.385. The Balaban J connectivity index is 2.85. The summed E-state index contributed by atoms with van der Waals surface area (Å²) in [5.41, 5.74) is 0.146. The van der Waals surface area contributed by atoms with Crippen LogP contribution in [0.4, 0.5) is 5.69 Å². The number of aliphatic hydroxyl groups excluding tert-OH is 1. The van der Waals surface area contributed by atoms with Crippen molar-refractivity contribution in [3.8, 4) is 0 Å². The largest absolute Gasteiger partial charge is 0.469 e. The fraction of sp³-hybridized carbons (Fsp3) is 0.364. The Morgan fingerprint density at radius 2 is 2.28 bits per heavy atom. The van der Waals surface area contributed by atoms with Crippen LogP contribution >= 0.6 is 11.6 Å². The molecule has 1 aromatic rings. The van der Waals surface area contributed by atoms with Gasteiger partial charge in [0.15, 0.2) is 0 Å². The average Bonchev–Trinajstić information content (AvgIpc) is 2.28. The van der Waals surface area contributed by atoms with Gasteiger partial charge in [0.25, 0.3) is 5.69 Å². The third kappa shape index (κ3) is 3.97. The summed E-state index contributed by atoms with van der Waals surface area (Å²) in [6, 6.07) is 4.07. The van der Waals surface area contributed by atoms with Gasteiger partial charge in [0.2, 0.25) is 0 Å². The predicted molar refractivity (Wildman–Crippen MR) is 64.5 cm³/mol. The van der Waals surface area contributed by atoms with Crippen LogP contribution in [0.3, 0.4) is 0 Å². The molecule has 0 aromatic heterocycles. The van der Waals surface area contributed by atoms with Gasteiger partial charge in [-0.2, -0.15) is 0 Å². The molecule has 1 unspecified atom stereocenters. The summed E-state index contributed by atoms with van der Waals surface area (Å²) in [5, 5.41) is 20.8. The maximum Gasteiger partial charge on any atom is 0.308 e. The standard InChI is InChI=1S/C11H12ClNO5/c1-18-11(15)6-9(14)5-7-4-8(12)2-3-10(7)13(16)17/h2-4,9,14H,5-6H2,1H3. The number of esters is 1. The minimum absolute atomic E-state index is 0.0357. The van der Waals surface area contributed by atoms with Crippen molar-refractivity contribution in [3.05, 3.63) is 38.9 Å². The zero-order chi connectivity index (χ0) is 13.7. The number of nitrogens with zero attached hydrogens (tertiary/aromatic N) is 1. The maximum absolute atomic E-state index is 11.0. The highest BCUT2D eigenvalue weighted by Crippen LogP contribution is 2.24. The van der Waals surface area contributed by atoms with Crippen LogP contribution < -0.4 is 0 Å². The van der Waals surface area contributed by atoms with Gasteiger partial charge in [-0.15, -0.1) is 0 Å². The molecule has 0 saturated carbocycles. The van der Waals surface area contributed by atoms with Gasteiger partial charge >= 0.3 is 5.97 Å². The number of ether oxygens (including phenoxy) is 1. The topological polar surface area (TPSA) is 89.7 Å². The normalized spacial score (nSPS) is 11.9. The fourth-order valence-electron chi connectivity index (χ4n) is 1.50.